The highest BCUT2D eigenvalue weighted by molar-refractivity contribution is 5.76. The van der Waals surface area contributed by atoms with Crippen LogP contribution in [0.4, 0.5) is 0 Å². The minimum atomic E-state index is -1.55. The molecule has 1 fully saturated rings. The van der Waals surface area contributed by atoms with Gasteiger partial charge in [-0.1, -0.05) is 193 Å². The number of amides is 1. The number of carbonyl (C=O) groups excluding carboxylic acids is 1. The molecule has 0 bridgehead atoms. The van der Waals surface area contributed by atoms with Crippen LogP contribution in [0.1, 0.15) is 226 Å². The van der Waals surface area contributed by atoms with Crippen molar-refractivity contribution in [2.75, 3.05) is 13.2 Å². The van der Waals surface area contributed by atoms with Crippen LogP contribution in [0.25, 0.3) is 0 Å². The van der Waals surface area contributed by atoms with Gasteiger partial charge in [-0.3, -0.25) is 4.79 Å². The van der Waals surface area contributed by atoms with Gasteiger partial charge in [0, 0.05) is 6.42 Å². The Hall–Kier alpha value is -1.07. The van der Waals surface area contributed by atoms with Crippen LogP contribution in [0.2, 0.25) is 0 Å². The van der Waals surface area contributed by atoms with Crippen LogP contribution >= 0.6 is 0 Å². The lowest BCUT2D eigenvalue weighted by Crippen LogP contribution is -2.60. The fourth-order valence-electron chi connectivity index (χ4n) is 7.74. The van der Waals surface area contributed by atoms with E-state index in [1.54, 1.807) is 0 Å². The molecule has 9 nitrogen and oxygen atoms in total. The number of unbranched alkanes of at least 4 members (excludes halogenated alkanes) is 28. The van der Waals surface area contributed by atoms with Gasteiger partial charge in [0.2, 0.25) is 5.91 Å². The highest BCUT2D eigenvalue weighted by Crippen LogP contribution is 2.23. The van der Waals surface area contributed by atoms with Crippen LogP contribution in [-0.2, 0) is 14.3 Å². The lowest BCUT2D eigenvalue weighted by Gasteiger charge is -2.40. The predicted molar refractivity (Wildman–Crippen MR) is 231 cm³/mol. The number of aliphatic hydroxyl groups excluding tert-OH is 5. The van der Waals surface area contributed by atoms with Crippen molar-refractivity contribution < 1.29 is 39.8 Å². The average Bonchev–Trinajstić information content (AvgIpc) is 3.20. The molecular formula is C47H91NO8. The van der Waals surface area contributed by atoms with Crippen LogP contribution in [-0.4, -0.2) is 87.5 Å². The molecule has 1 aliphatic heterocycles. The molecule has 6 N–H and O–H groups in total. The third-order valence-corrected chi connectivity index (χ3v) is 11.6. The summed E-state index contributed by atoms with van der Waals surface area (Å²) in [6.07, 6.45) is 36.5. The van der Waals surface area contributed by atoms with Crippen LogP contribution in [0.15, 0.2) is 12.2 Å². The number of aliphatic hydroxyl groups is 5. The first-order valence-electron chi connectivity index (χ1n) is 23.9. The van der Waals surface area contributed by atoms with Gasteiger partial charge in [0.1, 0.15) is 24.4 Å². The van der Waals surface area contributed by atoms with Gasteiger partial charge in [-0.2, -0.15) is 0 Å². The Balaban J connectivity index is 2.33. The first-order chi connectivity index (χ1) is 27.3. The zero-order valence-electron chi connectivity index (χ0n) is 36.4. The van der Waals surface area contributed by atoms with Gasteiger partial charge in [0.15, 0.2) is 6.29 Å². The van der Waals surface area contributed by atoms with Gasteiger partial charge in [-0.15, -0.1) is 0 Å². The number of rotatable bonds is 40. The first-order valence-corrected chi connectivity index (χ1v) is 23.9. The number of nitrogens with one attached hydrogen (secondary N) is 1. The molecule has 7 atom stereocenters. The van der Waals surface area contributed by atoms with Crippen molar-refractivity contribution >= 4 is 5.91 Å². The standard InChI is InChI=1S/C47H91NO8/c1-3-5-7-9-11-13-15-17-19-21-22-24-26-28-30-32-34-36-41(50)40(39-55-47-46(54)45(53)44(52)42(38-49)56-47)48-43(51)37-35-33-31-29-27-25-23-20-18-16-14-12-10-8-6-4-2/h26,28,40-42,44-47,49-50,52-54H,3-25,27,29-39H2,1-2H3,(H,48,51)/b28-26+/t40-,41+,42+,44+,45?,46?,47+/m0/s1. The molecule has 56 heavy (non-hydrogen) atoms. The number of carbonyl (C=O) groups is 1. The first kappa shape index (κ1) is 52.9. The molecule has 1 amide bonds. The fourth-order valence-corrected chi connectivity index (χ4v) is 7.74. The van der Waals surface area contributed by atoms with E-state index in [-0.39, 0.29) is 12.5 Å². The second-order valence-corrected chi connectivity index (χ2v) is 16.9. The third kappa shape index (κ3) is 28.4. The minimum Gasteiger partial charge on any atom is -0.394 e. The van der Waals surface area contributed by atoms with E-state index in [2.05, 4.69) is 31.3 Å². The molecule has 1 rings (SSSR count). The molecule has 0 aromatic carbocycles. The molecule has 0 aliphatic carbocycles. The van der Waals surface area contributed by atoms with E-state index in [0.717, 1.165) is 44.9 Å². The zero-order valence-corrected chi connectivity index (χ0v) is 36.4. The number of allylic oxidation sites excluding steroid dienone is 2. The van der Waals surface area contributed by atoms with E-state index >= 15 is 0 Å². The summed E-state index contributed by atoms with van der Waals surface area (Å²) in [4.78, 5) is 13.0. The van der Waals surface area contributed by atoms with Gasteiger partial charge < -0.3 is 40.3 Å². The molecule has 0 spiro atoms. The molecule has 0 radical (unpaired) electrons. The molecule has 0 saturated carbocycles. The monoisotopic (exact) mass is 798 g/mol. The Morgan fingerprint density at radius 2 is 1.00 bits per heavy atom. The van der Waals surface area contributed by atoms with Crippen molar-refractivity contribution in [3.05, 3.63) is 12.2 Å². The van der Waals surface area contributed by atoms with Crippen LogP contribution in [0.5, 0.6) is 0 Å². The molecular weight excluding hydrogens is 707 g/mol. The molecule has 332 valence electrons. The van der Waals surface area contributed by atoms with Gasteiger partial charge in [0.05, 0.1) is 25.4 Å². The molecule has 0 aromatic heterocycles. The Bertz CT molecular complexity index is 888. The smallest absolute Gasteiger partial charge is 0.220 e. The summed E-state index contributed by atoms with van der Waals surface area (Å²) in [6.45, 7) is 3.83. The maximum Gasteiger partial charge on any atom is 0.220 e. The Morgan fingerprint density at radius 1 is 0.589 bits per heavy atom. The number of hydrogen-bond donors (Lipinski definition) is 6. The van der Waals surface area contributed by atoms with E-state index < -0.39 is 49.5 Å². The number of ether oxygens (including phenoxy) is 2. The summed E-state index contributed by atoms with van der Waals surface area (Å²) in [5, 5.41) is 54.4. The SMILES string of the molecule is CCCCCCCCCCCCC/C=C/CCCC[C@@H](O)[C@H](CO[C@@H]1O[C@H](CO)[C@@H](O)C(O)C1O)NC(=O)CCCCCCCCCCCCCCCCCC. The van der Waals surface area contributed by atoms with Crippen molar-refractivity contribution in [2.45, 2.75) is 269 Å². The Labute approximate surface area is 344 Å². The lowest BCUT2D eigenvalue weighted by molar-refractivity contribution is -0.302. The predicted octanol–water partition coefficient (Wildman–Crippen LogP) is 10.1. The van der Waals surface area contributed by atoms with Crippen LogP contribution in [0.3, 0.4) is 0 Å². The van der Waals surface area contributed by atoms with Crippen molar-refractivity contribution in [1.82, 2.24) is 5.32 Å². The normalized spacial score (nSPS) is 21.2. The maximum atomic E-state index is 13.0. The minimum absolute atomic E-state index is 0.145. The third-order valence-electron chi connectivity index (χ3n) is 11.6. The molecule has 1 aliphatic rings. The molecule has 1 heterocycles. The molecule has 1 saturated heterocycles. The van der Waals surface area contributed by atoms with Gasteiger partial charge in [-0.05, 0) is 38.5 Å². The largest absolute Gasteiger partial charge is 0.394 e. The van der Waals surface area contributed by atoms with Crippen molar-refractivity contribution in [3.8, 4) is 0 Å². The van der Waals surface area contributed by atoms with E-state index in [1.807, 2.05) is 0 Å². The van der Waals surface area contributed by atoms with Crippen molar-refractivity contribution in [3.63, 3.8) is 0 Å². The van der Waals surface area contributed by atoms with E-state index in [9.17, 15) is 30.3 Å². The topological polar surface area (TPSA) is 149 Å². The average molecular weight is 798 g/mol. The van der Waals surface area contributed by atoms with Crippen molar-refractivity contribution in [2.24, 2.45) is 0 Å². The van der Waals surface area contributed by atoms with Gasteiger partial charge >= 0.3 is 0 Å². The van der Waals surface area contributed by atoms with E-state index in [0.29, 0.717) is 12.8 Å². The summed E-state index contributed by atoms with van der Waals surface area (Å²) in [6, 6.07) is -0.729. The zero-order chi connectivity index (χ0) is 40.9. The van der Waals surface area contributed by atoms with Gasteiger partial charge in [-0.25, -0.2) is 0 Å². The summed E-state index contributed by atoms with van der Waals surface area (Å²) < 4.78 is 11.3. The summed E-state index contributed by atoms with van der Waals surface area (Å²) >= 11 is 0. The van der Waals surface area contributed by atoms with Crippen LogP contribution in [0, 0.1) is 0 Å². The molecule has 2 unspecified atom stereocenters. The maximum absolute atomic E-state index is 13.0. The number of hydrogen-bond acceptors (Lipinski definition) is 8. The summed E-state index contributed by atoms with van der Waals surface area (Å²) in [5.74, 6) is -0.151. The van der Waals surface area contributed by atoms with Crippen LogP contribution < -0.4 is 5.32 Å². The lowest BCUT2D eigenvalue weighted by atomic mass is 9.99. The second-order valence-electron chi connectivity index (χ2n) is 16.9. The highest BCUT2D eigenvalue weighted by atomic mass is 16.7. The highest BCUT2D eigenvalue weighted by Gasteiger charge is 2.44. The Kier molecular flexibility index (Phi) is 36.1. The van der Waals surface area contributed by atoms with E-state index in [4.69, 9.17) is 9.47 Å². The quantitative estimate of drug-likeness (QED) is 0.0265. The molecule has 0 aromatic rings. The van der Waals surface area contributed by atoms with Crippen molar-refractivity contribution in [1.29, 1.82) is 0 Å². The Morgan fingerprint density at radius 3 is 1.45 bits per heavy atom. The van der Waals surface area contributed by atoms with E-state index in [1.165, 1.54) is 154 Å². The second kappa shape index (κ2) is 38.2. The van der Waals surface area contributed by atoms with Gasteiger partial charge in [0.25, 0.3) is 0 Å². The molecule has 9 heteroatoms. The fraction of sp³-hybridized carbons (Fsp3) is 0.936. The summed E-state index contributed by atoms with van der Waals surface area (Å²) in [7, 11) is 0. The summed E-state index contributed by atoms with van der Waals surface area (Å²) in [5.41, 5.74) is 0.